The highest BCUT2D eigenvalue weighted by molar-refractivity contribution is 6.33. The van der Waals surface area contributed by atoms with Crippen LogP contribution in [0.3, 0.4) is 0 Å². The SMILES string of the molecule is CCOc1c(C(=O)O)nc(N(C)Cc2cc(Cl)ccc2Cl)n(C)c1=O. The van der Waals surface area contributed by atoms with Gasteiger partial charge in [0.05, 0.1) is 6.61 Å². The third kappa shape index (κ3) is 4.05. The molecule has 0 radical (unpaired) electrons. The Kier molecular flexibility index (Phi) is 5.92. The number of carbonyl (C=O) groups is 1. The summed E-state index contributed by atoms with van der Waals surface area (Å²) < 4.78 is 6.40. The van der Waals surface area contributed by atoms with Crippen molar-refractivity contribution in [3.05, 3.63) is 49.9 Å². The van der Waals surface area contributed by atoms with E-state index in [1.807, 2.05) is 0 Å². The summed E-state index contributed by atoms with van der Waals surface area (Å²) >= 11 is 12.1. The largest absolute Gasteiger partial charge is 0.486 e. The van der Waals surface area contributed by atoms with E-state index in [-0.39, 0.29) is 24.8 Å². The number of halogens is 2. The Labute approximate surface area is 154 Å². The van der Waals surface area contributed by atoms with Gasteiger partial charge in [-0.15, -0.1) is 0 Å². The predicted octanol–water partition coefficient (Wildman–Crippen LogP) is 2.82. The molecule has 0 aliphatic rings. The fraction of sp³-hybridized carbons (Fsp3) is 0.312. The molecule has 9 heteroatoms. The molecule has 1 aromatic carbocycles. The van der Waals surface area contributed by atoms with Gasteiger partial charge in [0, 0.05) is 30.7 Å². The molecule has 0 saturated carbocycles. The van der Waals surface area contributed by atoms with Gasteiger partial charge in [0.15, 0.2) is 5.69 Å². The average molecular weight is 386 g/mol. The third-order valence-corrected chi connectivity index (χ3v) is 4.08. The second-order valence-corrected chi connectivity index (χ2v) is 6.13. The fourth-order valence-electron chi connectivity index (χ4n) is 2.32. The van der Waals surface area contributed by atoms with Crippen molar-refractivity contribution in [3.8, 4) is 5.75 Å². The number of nitrogens with zero attached hydrogens (tertiary/aromatic N) is 3. The van der Waals surface area contributed by atoms with E-state index in [1.54, 1.807) is 37.1 Å². The molecule has 7 nitrogen and oxygen atoms in total. The van der Waals surface area contributed by atoms with Gasteiger partial charge < -0.3 is 14.7 Å². The van der Waals surface area contributed by atoms with Crippen molar-refractivity contribution < 1.29 is 14.6 Å². The van der Waals surface area contributed by atoms with Gasteiger partial charge in [-0.3, -0.25) is 9.36 Å². The van der Waals surface area contributed by atoms with Gasteiger partial charge >= 0.3 is 5.97 Å². The molecule has 0 spiro atoms. The van der Waals surface area contributed by atoms with Crippen LogP contribution in [0.15, 0.2) is 23.0 Å². The van der Waals surface area contributed by atoms with Crippen LogP contribution in [-0.4, -0.2) is 34.3 Å². The number of hydrogen-bond donors (Lipinski definition) is 1. The van der Waals surface area contributed by atoms with Crippen molar-refractivity contribution >= 4 is 35.1 Å². The summed E-state index contributed by atoms with van der Waals surface area (Å²) in [6.07, 6.45) is 0. The van der Waals surface area contributed by atoms with Crippen molar-refractivity contribution in [2.75, 3.05) is 18.6 Å². The number of aromatic nitrogens is 2. The standard InChI is InChI=1S/C16H17Cl2N3O4/c1-4-25-13-12(15(23)24)19-16(21(3)14(13)22)20(2)8-9-7-10(17)5-6-11(9)18/h5-7H,4,8H2,1-3H3,(H,23,24). The maximum atomic E-state index is 12.4. The first-order valence-corrected chi connectivity index (χ1v) is 8.14. The van der Waals surface area contributed by atoms with Crippen LogP contribution in [-0.2, 0) is 13.6 Å². The van der Waals surface area contributed by atoms with Crippen LogP contribution in [0.5, 0.6) is 5.75 Å². The van der Waals surface area contributed by atoms with Gasteiger partial charge in [0.2, 0.25) is 11.7 Å². The minimum Gasteiger partial charge on any atom is -0.486 e. The fourth-order valence-corrected chi connectivity index (χ4v) is 2.69. The Balaban J connectivity index is 2.49. The highest BCUT2D eigenvalue weighted by Crippen LogP contribution is 2.24. The van der Waals surface area contributed by atoms with Crippen molar-refractivity contribution in [1.29, 1.82) is 0 Å². The molecule has 2 rings (SSSR count). The maximum Gasteiger partial charge on any atom is 0.358 e. The molecule has 1 aromatic heterocycles. The Bertz CT molecular complexity index is 867. The first-order valence-electron chi connectivity index (χ1n) is 7.38. The van der Waals surface area contributed by atoms with E-state index >= 15 is 0 Å². The summed E-state index contributed by atoms with van der Waals surface area (Å²) in [5.74, 6) is -1.45. The van der Waals surface area contributed by atoms with Crippen LogP contribution in [0.4, 0.5) is 5.95 Å². The van der Waals surface area contributed by atoms with Crippen molar-refractivity contribution in [2.24, 2.45) is 7.05 Å². The summed E-state index contributed by atoms with van der Waals surface area (Å²) in [6.45, 7) is 2.10. The lowest BCUT2D eigenvalue weighted by atomic mass is 10.2. The summed E-state index contributed by atoms with van der Waals surface area (Å²) in [4.78, 5) is 29.6. The smallest absolute Gasteiger partial charge is 0.358 e. The summed E-state index contributed by atoms with van der Waals surface area (Å²) in [7, 11) is 3.17. The topological polar surface area (TPSA) is 84.7 Å². The Hall–Kier alpha value is -2.25. The van der Waals surface area contributed by atoms with E-state index < -0.39 is 17.2 Å². The lowest BCUT2D eigenvalue weighted by molar-refractivity contribution is 0.0685. The third-order valence-electron chi connectivity index (χ3n) is 3.47. The predicted molar refractivity (Wildman–Crippen MR) is 96.2 cm³/mol. The van der Waals surface area contributed by atoms with Crippen LogP contribution in [0.2, 0.25) is 10.0 Å². The zero-order valence-electron chi connectivity index (χ0n) is 13.9. The maximum absolute atomic E-state index is 12.4. The van der Waals surface area contributed by atoms with E-state index in [0.717, 1.165) is 5.56 Å². The quantitative estimate of drug-likeness (QED) is 0.822. The second kappa shape index (κ2) is 7.76. The zero-order valence-corrected chi connectivity index (χ0v) is 15.4. The Morgan fingerprint density at radius 3 is 2.68 bits per heavy atom. The monoisotopic (exact) mass is 385 g/mol. The first-order chi connectivity index (χ1) is 11.8. The van der Waals surface area contributed by atoms with Gasteiger partial charge in [-0.05, 0) is 30.7 Å². The van der Waals surface area contributed by atoms with E-state index in [1.165, 1.54) is 11.6 Å². The molecule has 0 saturated heterocycles. The van der Waals surface area contributed by atoms with Gasteiger partial charge in [-0.25, -0.2) is 9.78 Å². The molecule has 0 amide bonds. The molecule has 1 heterocycles. The second-order valence-electron chi connectivity index (χ2n) is 5.28. The lowest BCUT2D eigenvalue weighted by Gasteiger charge is -2.22. The van der Waals surface area contributed by atoms with Crippen LogP contribution >= 0.6 is 23.2 Å². The number of rotatable bonds is 6. The Morgan fingerprint density at radius 2 is 2.08 bits per heavy atom. The molecular weight excluding hydrogens is 369 g/mol. The minimum atomic E-state index is -1.34. The minimum absolute atomic E-state index is 0.157. The molecule has 0 aliphatic heterocycles. The molecule has 25 heavy (non-hydrogen) atoms. The summed E-state index contributed by atoms with van der Waals surface area (Å²) in [6, 6.07) is 5.03. The van der Waals surface area contributed by atoms with Gasteiger partial charge in [-0.1, -0.05) is 23.2 Å². The van der Waals surface area contributed by atoms with Gasteiger partial charge in [0.1, 0.15) is 0 Å². The molecule has 134 valence electrons. The highest BCUT2D eigenvalue weighted by Gasteiger charge is 2.23. The van der Waals surface area contributed by atoms with Crippen LogP contribution < -0.4 is 15.2 Å². The normalized spacial score (nSPS) is 10.6. The molecule has 1 N–H and O–H groups in total. The van der Waals surface area contributed by atoms with E-state index in [0.29, 0.717) is 10.0 Å². The Morgan fingerprint density at radius 1 is 1.40 bits per heavy atom. The average Bonchev–Trinajstić information content (AvgIpc) is 2.55. The molecule has 2 aromatic rings. The molecule has 0 unspecified atom stereocenters. The highest BCUT2D eigenvalue weighted by atomic mass is 35.5. The lowest BCUT2D eigenvalue weighted by Crippen LogP contribution is -2.31. The molecular formula is C16H17Cl2N3O4. The number of carboxylic acid groups (broad SMARTS) is 1. The van der Waals surface area contributed by atoms with Crippen LogP contribution in [0, 0.1) is 0 Å². The first kappa shape index (κ1) is 19.1. The number of hydrogen-bond acceptors (Lipinski definition) is 5. The molecule has 0 aliphatic carbocycles. The molecule has 0 atom stereocenters. The van der Waals surface area contributed by atoms with Crippen LogP contribution in [0.1, 0.15) is 23.0 Å². The van der Waals surface area contributed by atoms with Crippen LogP contribution in [0.25, 0.3) is 0 Å². The van der Waals surface area contributed by atoms with E-state index in [4.69, 9.17) is 27.9 Å². The van der Waals surface area contributed by atoms with Crippen molar-refractivity contribution in [2.45, 2.75) is 13.5 Å². The van der Waals surface area contributed by atoms with Crippen molar-refractivity contribution in [3.63, 3.8) is 0 Å². The van der Waals surface area contributed by atoms with Crippen molar-refractivity contribution in [1.82, 2.24) is 9.55 Å². The van der Waals surface area contributed by atoms with E-state index in [9.17, 15) is 14.7 Å². The van der Waals surface area contributed by atoms with Gasteiger partial charge in [0.25, 0.3) is 5.56 Å². The number of carboxylic acids is 1. The summed E-state index contributed by atoms with van der Waals surface area (Å²) in [5, 5.41) is 10.4. The molecule has 0 fully saturated rings. The zero-order chi connectivity index (χ0) is 18.7. The summed E-state index contributed by atoms with van der Waals surface area (Å²) in [5.41, 5.74) is -0.283. The number of anilines is 1. The number of benzene rings is 1. The number of aromatic carboxylic acids is 1. The van der Waals surface area contributed by atoms with E-state index in [2.05, 4.69) is 4.98 Å². The number of ether oxygens (including phenoxy) is 1. The van der Waals surface area contributed by atoms with Gasteiger partial charge in [-0.2, -0.15) is 0 Å². The molecule has 0 bridgehead atoms.